The number of ketones is 1. The lowest BCUT2D eigenvalue weighted by molar-refractivity contribution is -0.126. The molecule has 3 nitrogen and oxygen atoms in total. The first-order valence-electron chi connectivity index (χ1n) is 7.98. The molecule has 1 aromatic heterocycles. The maximum atomic E-state index is 12.2. The monoisotopic (exact) mass is 292 g/mol. The smallest absolute Gasteiger partial charge is 0.137 e. The minimum absolute atomic E-state index is 0.301. The fraction of sp³-hybridized carbons (Fsp3) is 0.750. The van der Waals surface area contributed by atoms with Gasteiger partial charge in [0.05, 0.1) is 10.7 Å². The largest absolute Gasteiger partial charge is 0.299 e. The summed E-state index contributed by atoms with van der Waals surface area (Å²) in [4.78, 5) is 19.4. The summed E-state index contributed by atoms with van der Waals surface area (Å²) in [5, 5.41) is 3.42. The highest BCUT2D eigenvalue weighted by Crippen LogP contribution is 2.33. The number of Topliss-reactive ketones (excluding diaryl/α,β-unsaturated/α-hetero) is 1. The van der Waals surface area contributed by atoms with E-state index in [1.165, 1.54) is 30.0 Å². The van der Waals surface area contributed by atoms with E-state index in [1.807, 2.05) is 0 Å². The number of rotatable bonds is 4. The quantitative estimate of drug-likeness (QED) is 0.852. The van der Waals surface area contributed by atoms with Crippen LogP contribution in [0.25, 0.3) is 0 Å². The van der Waals surface area contributed by atoms with E-state index < -0.39 is 0 Å². The van der Waals surface area contributed by atoms with E-state index in [0.717, 1.165) is 38.8 Å². The number of carbonyl (C=O) groups is 1. The van der Waals surface area contributed by atoms with Crippen molar-refractivity contribution in [2.45, 2.75) is 64.5 Å². The molecule has 0 radical (unpaired) electrons. The highest BCUT2D eigenvalue weighted by molar-refractivity contribution is 7.09. The fourth-order valence-corrected chi connectivity index (χ4v) is 4.45. The Morgan fingerprint density at radius 2 is 2.25 bits per heavy atom. The van der Waals surface area contributed by atoms with Gasteiger partial charge >= 0.3 is 0 Å². The molecule has 0 spiro atoms. The van der Waals surface area contributed by atoms with Crippen LogP contribution < -0.4 is 0 Å². The van der Waals surface area contributed by atoms with Crippen LogP contribution in [0.5, 0.6) is 0 Å². The molecule has 3 rings (SSSR count). The zero-order valence-corrected chi connectivity index (χ0v) is 13.1. The minimum atomic E-state index is 0.301. The molecule has 1 aliphatic carbocycles. The van der Waals surface area contributed by atoms with E-state index in [9.17, 15) is 4.79 Å². The first-order chi connectivity index (χ1) is 9.78. The minimum Gasteiger partial charge on any atom is -0.299 e. The third kappa shape index (κ3) is 2.96. The summed E-state index contributed by atoms with van der Waals surface area (Å²) in [6, 6.07) is 0.481. The number of aromatic nitrogens is 1. The second-order valence-corrected chi connectivity index (χ2v) is 7.03. The van der Waals surface area contributed by atoms with Gasteiger partial charge < -0.3 is 0 Å². The second kappa shape index (κ2) is 6.35. The summed E-state index contributed by atoms with van der Waals surface area (Å²) >= 11 is 1.77. The van der Waals surface area contributed by atoms with Crippen molar-refractivity contribution in [2.24, 2.45) is 5.92 Å². The molecular weight excluding hydrogens is 268 g/mol. The second-order valence-electron chi connectivity index (χ2n) is 6.08. The molecule has 2 aliphatic rings. The van der Waals surface area contributed by atoms with Gasteiger partial charge in [-0.05, 0) is 38.6 Å². The van der Waals surface area contributed by atoms with Gasteiger partial charge in [0.1, 0.15) is 5.78 Å². The van der Waals surface area contributed by atoms with Crippen LogP contribution in [0, 0.1) is 5.92 Å². The number of nitrogens with zero attached hydrogens (tertiary/aromatic N) is 2. The Kier molecular flexibility index (Phi) is 4.51. The molecule has 110 valence electrons. The predicted octanol–water partition coefficient (Wildman–Crippen LogP) is 3.43. The van der Waals surface area contributed by atoms with Crippen molar-refractivity contribution in [2.75, 3.05) is 6.54 Å². The van der Waals surface area contributed by atoms with Crippen molar-refractivity contribution in [3.05, 3.63) is 16.1 Å². The highest BCUT2D eigenvalue weighted by atomic mass is 32.1. The van der Waals surface area contributed by atoms with E-state index in [0.29, 0.717) is 17.7 Å². The van der Waals surface area contributed by atoms with Gasteiger partial charge in [-0.2, -0.15) is 0 Å². The Bertz CT molecular complexity index is 471. The van der Waals surface area contributed by atoms with Crippen molar-refractivity contribution in [1.29, 1.82) is 0 Å². The molecule has 1 saturated heterocycles. The van der Waals surface area contributed by atoms with Crippen LogP contribution in [0.4, 0.5) is 0 Å². The molecule has 0 N–H and O–H groups in total. The molecule has 2 fully saturated rings. The summed E-state index contributed by atoms with van der Waals surface area (Å²) in [5.41, 5.74) is 1.20. The molecule has 1 aliphatic heterocycles. The molecule has 1 saturated carbocycles. The average Bonchev–Trinajstić information content (AvgIpc) is 3.09. The van der Waals surface area contributed by atoms with Gasteiger partial charge in [0, 0.05) is 30.3 Å². The van der Waals surface area contributed by atoms with Crippen LogP contribution >= 0.6 is 11.3 Å². The number of carbonyl (C=O) groups excluding carboxylic acids is 1. The fourth-order valence-electron chi connectivity index (χ4n) is 3.71. The molecule has 0 amide bonds. The lowest BCUT2D eigenvalue weighted by Gasteiger charge is -2.32. The molecule has 4 heteroatoms. The Morgan fingerprint density at radius 3 is 3.00 bits per heavy atom. The normalized spacial score (nSPS) is 28.1. The van der Waals surface area contributed by atoms with Crippen LogP contribution in [0.3, 0.4) is 0 Å². The Hall–Kier alpha value is -0.740. The summed E-state index contributed by atoms with van der Waals surface area (Å²) in [6.07, 6.45) is 7.71. The van der Waals surface area contributed by atoms with Crippen molar-refractivity contribution >= 4 is 17.1 Å². The number of thiazole rings is 1. The van der Waals surface area contributed by atoms with Crippen LogP contribution in [0.2, 0.25) is 0 Å². The van der Waals surface area contributed by atoms with Crippen LogP contribution in [-0.4, -0.2) is 28.3 Å². The maximum absolute atomic E-state index is 12.2. The Morgan fingerprint density at radius 1 is 1.35 bits per heavy atom. The van der Waals surface area contributed by atoms with Crippen LogP contribution in [-0.2, 0) is 17.8 Å². The van der Waals surface area contributed by atoms with Crippen LogP contribution in [0.1, 0.15) is 56.2 Å². The molecule has 0 bridgehead atoms. The van der Waals surface area contributed by atoms with Crippen LogP contribution in [0.15, 0.2) is 5.38 Å². The first-order valence-corrected chi connectivity index (χ1v) is 8.86. The van der Waals surface area contributed by atoms with Gasteiger partial charge in [-0.1, -0.05) is 13.3 Å². The van der Waals surface area contributed by atoms with Gasteiger partial charge in [0.15, 0.2) is 0 Å². The molecule has 20 heavy (non-hydrogen) atoms. The maximum Gasteiger partial charge on any atom is 0.137 e. The van der Waals surface area contributed by atoms with E-state index in [2.05, 4.69) is 22.2 Å². The standard InChI is InChI=1S/C16H24N2OS/c1-2-16-17-12(11-20-16)10-18-9-5-7-14(18)13-6-3-4-8-15(13)19/h11,13-14H,2-10H2,1H3. The summed E-state index contributed by atoms with van der Waals surface area (Å²) in [6.45, 7) is 4.22. The molecule has 1 aromatic rings. The van der Waals surface area contributed by atoms with E-state index in [1.54, 1.807) is 11.3 Å². The molecule has 2 unspecified atom stereocenters. The number of hydrogen-bond acceptors (Lipinski definition) is 4. The third-order valence-corrected chi connectivity index (χ3v) is 5.79. The summed E-state index contributed by atoms with van der Waals surface area (Å²) in [5.74, 6) is 0.816. The molecule has 0 aromatic carbocycles. The van der Waals surface area contributed by atoms with Gasteiger partial charge in [0.25, 0.3) is 0 Å². The van der Waals surface area contributed by atoms with Gasteiger partial charge in [-0.15, -0.1) is 11.3 Å². The lowest BCUT2D eigenvalue weighted by atomic mass is 9.82. The number of hydrogen-bond donors (Lipinski definition) is 0. The average molecular weight is 292 g/mol. The zero-order chi connectivity index (χ0) is 13.9. The SMILES string of the molecule is CCc1nc(CN2CCCC2C2CCCCC2=O)cs1. The van der Waals surface area contributed by atoms with Crippen molar-refractivity contribution in [3.8, 4) is 0 Å². The summed E-state index contributed by atoms with van der Waals surface area (Å²) in [7, 11) is 0. The first kappa shape index (κ1) is 14.2. The Labute approximate surface area is 125 Å². The van der Waals surface area contributed by atoms with E-state index >= 15 is 0 Å². The third-order valence-electron chi connectivity index (χ3n) is 4.75. The van der Waals surface area contributed by atoms with Gasteiger partial charge in [-0.25, -0.2) is 4.98 Å². The highest BCUT2D eigenvalue weighted by Gasteiger charge is 2.36. The van der Waals surface area contributed by atoms with Crippen molar-refractivity contribution < 1.29 is 4.79 Å². The Balaban J connectivity index is 1.67. The van der Waals surface area contributed by atoms with Gasteiger partial charge in [0.2, 0.25) is 0 Å². The van der Waals surface area contributed by atoms with E-state index in [-0.39, 0.29) is 0 Å². The number of aryl methyl sites for hydroxylation is 1. The molecular formula is C16H24N2OS. The van der Waals surface area contributed by atoms with Gasteiger partial charge in [-0.3, -0.25) is 9.69 Å². The van der Waals surface area contributed by atoms with Crippen molar-refractivity contribution in [1.82, 2.24) is 9.88 Å². The predicted molar refractivity (Wildman–Crippen MR) is 81.9 cm³/mol. The zero-order valence-electron chi connectivity index (χ0n) is 12.3. The molecule has 2 heterocycles. The lowest BCUT2D eigenvalue weighted by Crippen LogP contribution is -2.40. The molecule has 2 atom stereocenters. The summed E-state index contributed by atoms with van der Waals surface area (Å²) < 4.78 is 0. The number of likely N-dealkylation sites (tertiary alicyclic amines) is 1. The topological polar surface area (TPSA) is 33.2 Å². The van der Waals surface area contributed by atoms with E-state index in [4.69, 9.17) is 0 Å². The van der Waals surface area contributed by atoms with Crippen molar-refractivity contribution in [3.63, 3.8) is 0 Å².